The van der Waals surface area contributed by atoms with Gasteiger partial charge in [0.25, 0.3) is 0 Å². The third kappa shape index (κ3) is 1.17. The summed E-state index contributed by atoms with van der Waals surface area (Å²) in [5, 5.41) is 13.7. The van der Waals surface area contributed by atoms with E-state index in [1.807, 2.05) is 6.07 Å². The van der Waals surface area contributed by atoms with Gasteiger partial charge in [0.05, 0.1) is 11.9 Å². The fraction of sp³-hybridized carbons (Fsp3) is 0.300. The lowest BCUT2D eigenvalue weighted by molar-refractivity contribution is 0.888. The maximum Gasteiger partial charge on any atom is 0.176 e. The smallest absolute Gasteiger partial charge is 0.176 e. The zero-order valence-electron chi connectivity index (χ0n) is 8.31. The van der Waals surface area contributed by atoms with Gasteiger partial charge < -0.3 is 5.73 Å². The van der Waals surface area contributed by atoms with Crippen molar-refractivity contribution < 1.29 is 0 Å². The van der Waals surface area contributed by atoms with Crippen LogP contribution in [0.5, 0.6) is 0 Å². The number of aromatic nitrogens is 3. The summed E-state index contributed by atoms with van der Waals surface area (Å²) in [6.45, 7) is 0. The molecule has 0 amide bonds. The van der Waals surface area contributed by atoms with Gasteiger partial charge in [-0.3, -0.25) is 0 Å². The summed E-state index contributed by atoms with van der Waals surface area (Å²) < 4.78 is 1.45. The fourth-order valence-electron chi connectivity index (χ4n) is 1.70. The lowest BCUT2D eigenvalue weighted by atomic mass is 10.3. The highest BCUT2D eigenvalue weighted by atomic mass is 35.5. The van der Waals surface area contributed by atoms with Gasteiger partial charge in [0.15, 0.2) is 5.65 Å². The van der Waals surface area contributed by atoms with Gasteiger partial charge in [-0.1, -0.05) is 11.6 Å². The van der Waals surface area contributed by atoms with E-state index in [2.05, 4.69) is 10.1 Å². The Morgan fingerprint density at radius 1 is 1.56 bits per heavy atom. The molecule has 80 valence electrons. The minimum Gasteiger partial charge on any atom is -0.382 e. The molecule has 0 bridgehead atoms. The van der Waals surface area contributed by atoms with Crippen LogP contribution in [0.3, 0.4) is 0 Å². The number of nitrogens with zero attached hydrogens (tertiary/aromatic N) is 4. The number of nitrogen functional groups attached to an aromatic ring is 1. The first-order chi connectivity index (χ1) is 7.72. The molecule has 16 heavy (non-hydrogen) atoms. The van der Waals surface area contributed by atoms with Crippen LogP contribution < -0.4 is 5.73 Å². The number of hydrogen-bond donors (Lipinski definition) is 1. The van der Waals surface area contributed by atoms with Crippen molar-refractivity contribution in [1.82, 2.24) is 14.6 Å². The number of hydrogen-bond acceptors (Lipinski definition) is 4. The van der Waals surface area contributed by atoms with Crippen LogP contribution in [0.25, 0.3) is 5.65 Å². The third-order valence-corrected chi connectivity index (χ3v) is 3.10. The molecule has 0 radical (unpaired) electrons. The van der Waals surface area contributed by atoms with Crippen molar-refractivity contribution in [3.63, 3.8) is 0 Å². The molecule has 0 saturated heterocycles. The number of rotatable bonds is 1. The monoisotopic (exact) mass is 233 g/mol. The molecule has 0 atom stereocenters. The van der Waals surface area contributed by atoms with Crippen LogP contribution in [-0.2, 0) is 0 Å². The standard InChI is InChI=1S/C10H8ClN5/c11-7-8(5-1-2-5)15-16-9(13)6(3-12)4-14-10(7)16/h4-5H,1-2,13H2. The van der Waals surface area contributed by atoms with E-state index in [9.17, 15) is 0 Å². The van der Waals surface area contributed by atoms with Gasteiger partial charge in [0.2, 0.25) is 0 Å². The molecule has 1 saturated carbocycles. The molecule has 2 N–H and O–H groups in total. The van der Waals surface area contributed by atoms with Gasteiger partial charge in [0, 0.05) is 5.92 Å². The van der Waals surface area contributed by atoms with Gasteiger partial charge in [-0.25, -0.2) is 4.98 Å². The molecule has 0 aromatic carbocycles. The first-order valence-corrected chi connectivity index (χ1v) is 5.33. The zero-order chi connectivity index (χ0) is 11.3. The molecule has 2 aromatic rings. The van der Waals surface area contributed by atoms with E-state index in [0.29, 0.717) is 28.0 Å². The van der Waals surface area contributed by atoms with E-state index in [4.69, 9.17) is 22.6 Å². The van der Waals surface area contributed by atoms with Crippen molar-refractivity contribution in [1.29, 1.82) is 5.26 Å². The Hall–Kier alpha value is -1.80. The van der Waals surface area contributed by atoms with Gasteiger partial charge in [-0.2, -0.15) is 14.9 Å². The highest BCUT2D eigenvalue weighted by Gasteiger charge is 2.30. The fourth-order valence-corrected chi connectivity index (χ4v) is 2.02. The van der Waals surface area contributed by atoms with Crippen LogP contribution in [0, 0.1) is 11.3 Å². The topological polar surface area (TPSA) is 80.0 Å². The summed E-state index contributed by atoms with van der Waals surface area (Å²) in [5.41, 5.74) is 7.50. The van der Waals surface area contributed by atoms with E-state index in [0.717, 1.165) is 18.5 Å². The summed E-state index contributed by atoms with van der Waals surface area (Å²) in [5.74, 6) is 0.723. The Kier molecular flexibility index (Phi) is 1.82. The van der Waals surface area contributed by atoms with Crippen molar-refractivity contribution >= 4 is 23.1 Å². The van der Waals surface area contributed by atoms with Gasteiger partial charge in [0.1, 0.15) is 22.5 Å². The quantitative estimate of drug-likeness (QED) is 0.813. The molecule has 1 aliphatic rings. The van der Waals surface area contributed by atoms with E-state index in [-0.39, 0.29) is 0 Å². The minimum absolute atomic E-state index is 0.293. The molecule has 2 aromatic heterocycles. The second-order valence-electron chi connectivity index (χ2n) is 3.88. The first kappa shape index (κ1) is 9.43. The van der Waals surface area contributed by atoms with E-state index >= 15 is 0 Å². The van der Waals surface area contributed by atoms with Crippen LogP contribution in [0.2, 0.25) is 5.02 Å². The highest BCUT2D eigenvalue weighted by Crippen LogP contribution is 2.43. The summed E-state index contributed by atoms with van der Waals surface area (Å²) in [7, 11) is 0. The molecule has 0 aliphatic heterocycles. The Bertz CT molecular complexity index is 620. The molecular weight excluding hydrogens is 226 g/mol. The molecule has 0 spiro atoms. The Morgan fingerprint density at radius 3 is 2.94 bits per heavy atom. The highest BCUT2D eigenvalue weighted by molar-refractivity contribution is 6.34. The van der Waals surface area contributed by atoms with Crippen molar-refractivity contribution in [2.75, 3.05) is 5.73 Å². The summed E-state index contributed by atoms with van der Waals surface area (Å²) in [6, 6.07) is 1.97. The van der Waals surface area contributed by atoms with Crippen molar-refractivity contribution in [3.8, 4) is 6.07 Å². The van der Waals surface area contributed by atoms with Crippen LogP contribution >= 0.6 is 11.6 Å². The predicted octanol–water partition coefficient (Wildman–Crippen LogP) is 1.71. The summed E-state index contributed by atoms with van der Waals surface area (Å²) in [6.07, 6.45) is 3.64. The van der Waals surface area contributed by atoms with Gasteiger partial charge >= 0.3 is 0 Å². The van der Waals surface area contributed by atoms with E-state index in [1.165, 1.54) is 10.7 Å². The minimum atomic E-state index is 0.293. The SMILES string of the molecule is N#Cc1cnc2c(Cl)c(C3CC3)nn2c1N. The maximum atomic E-state index is 8.83. The van der Waals surface area contributed by atoms with Crippen molar-refractivity contribution in [2.45, 2.75) is 18.8 Å². The molecule has 5 nitrogen and oxygen atoms in total. The average Bonchev–Trinajstić information content (AvgIpc) is 3.06. The second-order valence-corrected chi connectivity index (χ2v) is 4.26. The van der Waals surface area contributed by atoms with Crippen molar-refractivity contribution in [2.24, 2.45) is 0 Å². The number of nitrogens with two attached hydrogens (primary N) is 1. The summed E-state index contributed by atoms with van der Waals surface area (Å²) >= 11 is 6.18. The van der Waals surface area contributed by atoms with E-state index in [1.54, 1.807) is 0 Å². The molecule has 0 unspecified atom stereocenters. The van der Waals surface area contributed by atoms with Crippen LogP contribution in [0.15, 0.2) is 6.20 Å². The van der Waals surface area contributed by atoms with Crippen molar-refractivity contribution in [3.05, 3.63) is 22.5 Å². The second kappa shape index (κ2) is 3.09. The average molecular weight is 234 g/mol. The normalized spacial score (nSPS) is 15.2. The van der Waals surface area contributed by atoms with Gasteiger partial charge in [-0.15, -0.1) is 0 Å². The number of nitriles is 1. The Balaban J connectivity index is 2.33. The molecule has 1 fully saturated rings. The largest absolute Gasteiger partial charge is 0.382 e. The Morgan fingerprint density at radius 2 is 2.31 bits per heavy atom. The zero-order valence-corrected chi connectivity index (χ0v) is 9.07. The number of halogens is 1. The lowest BCUT2D eigenvalue weighted by Crippen LogP contribution is -2.03. The number of anilines is 1. The maximum absolute atomic E-state index is 8.83. The molecule has 2 heterocycles. The first-order valence-electron chi connectivity index (χ1n) is 4.95. The molecule has 3 rings (SSSR count). The number of fused-ring (bicyclic) bond motifs is 1. The molecule has 1 aliphatic carbocycles. The van der Waals surface area contributed by atoms with Crippen LogP contribution in [0.4, 0.5) is 5.82 Å². The predicted molar refractivity (Wildman–Crippen MR) is 59.1 cm³/mol. The van der Waals surface area contributed by atoms with Crippen LogP contribution in [-0.4, -0.2) is 14.6 Å². The van der Waals surface area contributed by atoms with Gasteiger partial charge in [-0.05, 0) is 12.8 Å². The molecule has 6 heteroatoms. The van der Waals surface area contributed by atoms with E-state index < -0.39 is 0 Å². The summed E-state index contributed by atoms with van der Waals surface area (Å²) in [4.78, 5) is 4.11. The Labute approximate surface area is 96.4 Å². The van der Waals surface area contributed by atoms with Crippen LogP contribution in [0.1, 0.15) is 30.0 Å². The third-order valence-electron chi connectivity index (χ3n) is 2.73. The lowest BCUT2D eigenvalue weighted by Gasteiger charge is -1.98. The molecular formula is C10H8ClN5.